The van der Waals surface area contributed by atoms with Crippen molar-refractivity contribution in [2.24, 2.45) is 0 Å². The van der Waals surface area contributed by atoms with E-state index >= 15 is 0 Å². The minimum atomic E-state index is -0.146. The Morgan fingerprint density at radius 3 is 2.93 bits per heavy atom. The van der Waals surface area contributed by atoms with Crippen molar-refractivity contribution < 1.29 is 4.79 Å². The number of likely N-dealkylation sites (N-methyl/N-ethyl adjacent to an activating group) is 1. The van der Waals surface area contributed by atoms with Gasteiger partial charge in [0.2, 0.25) is 0 Å². The van der Waals surface area contributed by atoms with Crippen molar-refractivity contribution in [1.29, 1.82) is 0 Å². The van der Waals surface area contributed by atoms with Crippen LogP contribution in [-0.2, 0) is 0 Å². The molecule has 0 saturated carbocycles. The van der Waals surface area contributed by atoms with Crippen LogP contribution in [0.5, 0.6) is 0 Å². The van der Waals surface area contributed by atoms with Crippen molar-refractivity contribution >= 4 is 17.5 Å². The second-order valence-electron chi connectivity index (χ2n) is 3.28. The topological polar surface area (TPSA) is 33.2 Å². The van der Waals surface area contributed by atoms with Crippen LogP contribution >= 0.6 is 11.6 Å². The maximum absolute atomic E-state index is 11.8. The average Bonchev–Trinajstić information content (AvgIpc) is 2.17. The van der Waals surface area contributed by atoms with E-state index in [-0.39, 0.29) is 5.91 Å². The van der Waals surface area contributed by atoms with E-state index in [4.69, 9.17) is 11.6 Å². The molecule has 1 amide bonds. The number of hydrogen-bond acceptors (Lipinski definition) is 2. The number of pyridine rings is 1. The van der Waals surface area contributed by atoms with Gasteiger partial charge in [-0.1, -0.05) is 17.7 Å². The molecule has 3 nitrogen and oxygen atoms in total. The SMILES string of the molecule is C=CCN(C)C(=O)c1cnc(C)cc1Cl. The largest absolute Gasteiger partial charge is 0.338 e. The first-order valence-electron chi connectivity index (χ1n) is 4.54. The fraction of sp³-hybridized carbons (Fsp3) is 0.273. The molecule has 0 aliphatic rings. The van der Waals surface area contributed by atoms with Crippen LogP contribution in [0.1, 0.15) is 16.1 Å². The van der Waals surface area contributed by atoms with Crippen molar-refractivity contribution in [1.82, 2.24) is 9.88 Å². The van der Waals surface area contributed by atoms with Gasteiger partial charge in [0.25, 0.3) is 5.91 Å². The van der Waals surface area contributed by atoms with Gasteiger partial charge in [-0.05, 0) is 13.0 Å². The maximum atomic E-state index is 11.8. The molecule has 1 aromatic heterocycles. The zero-order valence-corrected chi connectivity index (χ0v) is 9.58. The number of hydrogen-bond donors (Lipinski definition) is 0. The van der Waals surface area contributed by atoms with Crippen molar-refractivity contribution in [2.45, 2.75) is 6.92 Å². The molecule has 80 valence electrons. The molecule has 0 spiro atoms. The van der Waals surface area contributed by atoms with Gasteiger partial charge in [-0.25, -0.2) is 0 Å². The third kappa shape index (κ3) is 2.80. The Kier molecular flexibility index (Phi) is 3.86. The Bertz CT molecular complexity index is 390. The molecule has 0 aliphatic heterocycles. The van der Waals surface area contributed by atoms with E-state index < -0.39 is 0 Å². The molecular weight excluding hydrogens is 212 g/mol. The summed E-state index contributed by atoms with van der Waals surface area (Å²) in [4.78, 5) is 17.4. The maximum Gasteiger partial charge on any atom is 0.256 e. The minimum absolute atomic E-state index is 0.146. The van der Waals surface area contributed by atoms with Crippen LogP contribution in [0, 0.1) is 6.92 Å². The molecule has 0 aromatic carbocycles. The molecule has 1 rings (SSSR count). The summed E-state index contributed by atoms with van der Waals surface area (Å²) >= 11 is 5.96. The summed E-state index contributed by atoms with van der Waals surface area (Å²) in [6, 6.07) is 1.68. The van der Waals surface area contributed by atoms with E-state index in [1.165, 1.54) is 11.1 Å². The van der Waals surface area contributed by atoms with E-state index in [2.05, 4.69) is 11.6 Å². The summed E-state index contributed by atoms with van der Waals surface area (Å²) in [7, 11) is 1.69. The molecule has 1 heterocycles. The molecule has 0 fully saturated rings. The number of halogens is 1. The van der Waals surface area contributed by atoms with Gasteiger partial charge in [0, 0.05) is 25.5 Å². The lowest BCUT2D eigenvalue weighted by Gasteiger charge is -2.15. The Morgan fingerprint density at radius 2 is 2.40 bits per heavy atom. The summed E-state index contributed by atoms with van der Waals surface area (Å²) in [5.41, 5.74) is 1.22. The zero-order valence-electron chi connectivity index (χ0n) is 8.83. The van der Waals surface area contributed by atoms with Gasteiger partial charge in [0.15, 0.2) is 0 Å². The lowest BCUT2D eigenvalue weighted by atomic mass is 10.2. The van der Waals surface area contributed by atoms with Crippen molar-refractivity contribution in [2.75, 3.05) is 13.6 Å². The van der Waals surface area contributed by atoms with Crippen LogP contribution in [0.25, 0.3) is 0 Å². The molecule has 0 unspecified atom stereocenters. The molecule has 1 aromatic rings. The van der Waals surface area contributed by atoms with Crippen LogP contribution in [0.15, 0.2) is 24.9 Å². The minimum Gasteiger partial charge on any atom is -0.338 e. The molecule has 15 heavy (non-hydrogen) atoms. The van der Waals surface area contributed by atoms with Crippen LogP contribution in [0.4, 0.5) is 0 Å². The van der Waals surface area contributed by atoms with Crippen LogP contribution < -0.4 is 0 Å². The third-order valence-corrected chi connectivity index (χ3v) is 2.28. The summed E-state index contributed by atoms with van der Waals surface area (Å²) in [5, 5.41) is 0.434. The summed E-state index contributed by atoms with van der Waals surface area (Å²) in [5.74, 6) is -0.146. The third-order valence-electron chi connectivity index (χ3n) is 1.97. The first-order valence-corrected chi connectivity index (χ1v) is 4.92. The van der Waals surface area contributed by atoms with Gasteiger partial charge in [0.05, 0.1) is 10.6 Å². The van der Waals surface area contributed by atoms with E-state index in [0.717, 1.165) is 5.69 Å². The molecular formula is C11H13ClN2O. The molecule has 0 bridgehead atoms. The molecule has 0 atom stereocenters. The summed E-state index contributed by atoms with van der Waals surface area (Å²) in [6.07, 6.45) is 3.16. The normalized spacial score (nSPS) is 9.80. The monoisotopic (exact) mass is 224 g/mol. The number of carbonyl (C=O) groups is 1. The lowest BCUT2D eigenvalue weighted by molar-refractivity contribution is 0.0810. The Labute approximate surface area is 94.4 Å². The highest BCUT2D eigenvalue weighted by atomic mass is 35.5. The van der Waals surface area contributed by atoms with Crippen LogP contribution in [0.2, 0.25) is 5.02 Å². The highest BCUT2D eigenvalue weighted by Crippen LogP contribution is 2.17. The Hall–Kier alpha value is -1.35. The fourth-order valence-corrected chi connectivity index (χ4v) is 1.45. The van der Waals surface area contributed by atoms with E-state index in [1.54, 1.807) is 19.2 Å². The number of amides is 1. The van der Waals surface area contributed by atoms with Gasteiger partial charge in [-0.2, -0.15) is 0 Å². The first kappa shape index (κ1) is 11.7. The molecule has 0 N–H and O–H groups in total. The smallest absolute Gasteiger partial charge is 0.256 e. The van der Waals surface area contributed by atoms with Crippen molar-refractivity contribution in [3.8, 4) is 0 Å². The highest BCUT2D eigenvalue weighted by molar-refractivity contribution is 6.33. The number of aryl methyl sites for hydroxylation is 1. The van der Waals surface area contributed by atoms with Gasteiger partial charge in [0.1, 0.15) is 0 Å². The number of nitrogens with zero attached hydrogens (tertiary/aromatic N) is 2. The predicted octanol–water partition coefficient (Wildman–Crippen LogP) is 2.30. The average molecular weight is 225 g/mol. The summed E-state index contributed by atoms with van der Waals surface area (Å²) in [6.45, 7) is 5.89. The Balaban J connectivity index is 2.96. The molecule has 0 saturated heterocycles. The van der Waals surface area contributed by atoms with Crippen LogP contribution in [0.3, 0.4) is 0 Å². The quantitative estimate of drug-likeness (QED) is 0.739. The number of rotatable bonds is 3. The first-order chi connectivity index (χ1) is 7.06. The van der Waals surface area contributed by atoms with Crippen molar-refractivity contribution in [3.63, 3.8) is 0 Å². The molecule has 0 aliphatic carbocycles. The molecule has 0 radical (unpaired) electrons. The lowest BCUT2D eigenvalue weighted by Crippen LogP contribution is -2.27. The second kappa shape index (κ2) is 4.94. The van der Waals surface area contributed by atoms with Gasteiger partial charge in [-0.15, -0.1) is 6.58 Å². The Morgan fingerprint density at radius 1 is 1.73 bits per heavy atom. The highest BCUT2D eigenvalue weighted by Gasteiger charge is 2.14. The van der Waals surface area contributed by atoms with E-state index in [0.29, 0.717) is 17.1 Å². The number of carbonyl (C=O) groups excluding carboxylic acids is 1. The standard InChI is InChI=1S/C11H13ClN2O/c1-4-5-14(3)11(15)9-7-13-8(2)6-10(9)12/h4,6-7H,1,5H2,2-3H3. The van der Waals surface area contributed by atoms with Crippen molar-refractivity contribution in [3.05, 3.63) is 41.2 Å². The molecule has 4 heteroatoms. The van der Waals surface area contributed by atoms with E-state index in [1.807, 2.05) is 6.92 Å². The summed E-state index contributed by atoms with van der Waals surface area (Å²) < 4.78 is 0. The van der Waals surface area contributed by atoms with Gasteiger partial charge < -0.3 is 4.90 Å². The van der Waals surface area contributed by atoms with Crippen LogP contribution in [-0.4, -0.2) is 29.4 Å². The predicted molar refractivity (Wildman–Crippen MR) is 61.1 cm³/mol. The van der Waals surface area contributed by atoms with E-state index in [9.17, 15) is 4.79 Å². The fourth-order valence-electron chi connectivity index (χ4n) is 1.17. The zero-order chi connectivity index (χ0) is 11.4. The number of aromatic nitrogens is 1. The second-order valence-corrected chi connectivity index (χ2v) is 3.69. The van der Waals surface area contributed by atoms with Gasteiger partial charge >= 0.3 is 0 Å². The van der Waals surface area contributed by atoms with Gasteiger partial charge in [-0.3, -0.25) is 9.78 Å².